The molecule has 2 heterocycles. The van der Waals surface area contributed by atoms with E-state index in [1.165, 1.54) is 70.4 Å². The van der Waals surface area contributed by atoms with Gasteiger partial charge in [0.15, 0.2) is 12.0 Å². The first-order valence-electron chi connectivity index (χ1n) is 16.2. The number of aromatic nitrogens is 3. The van der Waals surface area contributed by atoms with E-state index in [9.17, 15) is 30.0 Å². The van der Waals surface area contributed by atoms with Crippen LogP contribution in [0.2, 0.25) is 0 Å². The zero-order valence-electron chi connectivity index (χ0n) is 26.0. The fourth-order valence-corrected chi connectivity index (χ4v) is 6.00. The van der Waals surface area contributed by atoms with Crippen LogP contribution in [0.4, 0.5) is 5.82 Å². The number of aliphatic hydroxyl groups excluding tert-OH is 4. The number of unbranched alkanes of at least 4 members (excludes halogenated alkanes) is 12. The average Bonchev–Trinajstić information content (AvgIpc) is 3.46. The van der Waals surface area contributed by atoms with E-state index in [0.717, 1.165) is 36.1 Å². The second kappa shape index (κ2) is 21.9. The van der Waals surface area contributed by atoms with Crippen LogP contribution in [0, 0.1) is 0 Å². The molecular formula is C30H55N5O7S. The van der Waals surface area contributed by atoms with Gasteiger partial charge in [-0.2, -0.15) is 11.8 Å². The van der Waals surface area contributed by atoms with Crippen LogP contribution < -0.4 is 10.6 Å². The first kappa shape index (κ1) is 37.4. The third-order valence-electron chi connectivity index (χ3n) is 7.68. The number of thioether (sulfide) groups is 1. The zero-order valence-corrected chi connectivity index (χ0v) is 26.8. The lowest BCUT2D eigenvalue weighted by Crippen LogP contribution is -2.56. The highest BCUT2D eigenvalue weighted by atomic mass is 32.2. The summed E-state index contributed by atoms with van der Waals surface area (Å²) in [4.78, 5) is 25.7. The van der Waals surface area contributed by atoms with Gasteiger partial charge in [-0.15, -0.1) is 5.10 Å². The minimum atomic E-state index is -1.57. The van der Waals surface area contributed by atoms with Crippen LogP contribution in [0.15, 0.2) is 6.20 Å². The molecule has 1 saturated heterocycles. The number of nitrogens with zero attached hydrogens (tertiary/aromatic N) is 3. The number of carbonyl (C=O) groups excluding carboxylic acids is 2. The number of amides is 2. The van der Waals surface area contributed by atoms with Gasteiger partial charge in [-0.1, -0.05) is 96.1 Å². The van der Waals surface area contributed by atoms with Crippen molar-refractivity contribution >= 4 is 29.4 Å². The number of carbonyl (C=O) groups is 2. The summed E-state index contributed by atoms with van der Waals surface area (Å²) in [5, 5.41) is 53.1. The monoisotopic (exact) mass is 629 g/mol. The highest BCUT2D eigenvalue weighted by molar-refractivity contribution is 7.99. The largest absolute Gasteiger partial charge is 0.394 e. The first-order valence-corrected chi connectivity index (χ1v) is 17.4. The smallest absolute Gasteiger partial charge is 0.249 e. The van der Waals surface area contributed by atoms with Gasteiger partial charge in [-0.3, -0.25) is 9.59 Å². The van der Waals surface area contributed by atoms with Gasteiger partial charge in [0.25, 0.3) is 0 Å². The molecule has 43 heavy (non-hydrogen) atoms. The van der Waals surface area contributed by atoms with Gasteiger partial charge < -0.3 is 35.8 Å². The molecule has 1 aromatic heterocycles. The predicted molar refractivity (Wildman–Crippen MR) is 168 cm³/mol. The summed E-state index contributed by atoms with van der Waals surface area (Å²) in [6.45, 7) is 3.72. The predicted octanol–water partition coefficient (Wildman–Crippen LogP) is 3.30. The Bertz CT molecular complexity index is 906. The van der Waals surface area contributed by atoms with Crippen LogP contribution in [0.25, 0.3) is 0 Å². The maximum atomic E-state index is 13.1. The maximum Gasteiger partial charge on any atom is 0.249 e. The molecule has 12 nitrogen and oxygen atoms in total. The molecule has 0 aliphatic carbocycles. The van der Waals surface area contributed by atoms with Crippen molar-refractivity contribution in [2.45, 2.75) is 147 Å². The first-order chi connectivity index (χ1) is 20.8. The molecule has 0 aromatic carbocycles. The van der Waals surface area contributed by atoms with Gasteiger partial charge in [-0.05, 0) is 18.6 Å². The number of nitrogens with one attached hydrogen (secondary N) is 2. The topological polar surface area (TPSA) is 179 Å². The molecule has 2 rings (SSSR count). The molecule has 0 saturated carbocycles. The summed E-state index contributed by atoms with van der Waals surface area (Å²) in [6, 6.07) is -0.761. The molecule has 0 radical (unpaired) electrons. The van der Waals surface area contributed by atoms with Crippen LogP contribution in [0.3, 0.4) is 0 Å². The molecule has 6 N–H and O–H groups in total. The molecule has 0 bridgehead atoms. The Labute approximate surface area is 260 Å². The van der Waals surface area contributed by atoms with E-state index in [1.54, 1.807) is 11.8 Å². The van der Waals surface area contributed by atoms with Crippen molar-refractivity contribution in [3.8, 4) is 0 Å². The lowest BCUT2D eigenvalue weighted by molar-refractivity contribution is -0.254. The van der Waals surface area contributed by atoms with Crippen molar-refractivity contribution < 1.29 is 34.8 Å². The molecule has 248 valence electrons. The molecule has 1 aliphatic heterocycles. The molecule has 1 fully saturated rings. The Kier molecular flexibility index (Phi) is 19.0. The fourth-order valence-electron chi connectivity index (χ4n) is 5.07. The number of anilines is 1. The molecule has 1 aliphatic rings. The number of ether oxygens (including phenoxy) is 1. The number of rotatable bonds is 23. The van der Waals surface area contributed by atoms with Crippen molar-refractivity contribution in [1.82, 2.24) is 20.3 Å². The number of hydrogen-bond donors (Lipinski definition) is 6. The summed E-state index contributed by atoms with van der Waals surface area (Å²) in [6.07, 6.45) is 11.7. The fraction of sp³-hybridized carbons (Fsp3) is 0.867. The summed E-state index contributed by atoms with van der Waals surface area (Å²) in [7, 11) is 0. The van der Waals surface area contributed by atoms with Crippen LogP contribution in [-0.4, -0.2) is 95.8 Å². The van der Waals surface area contributed by atoms with Crippen molar-refractivity contribution in [2.75, 3.05) is 23.4 Å². The van der Waals surface area contributed by atoms with Crippen molar-refractivity contribution in [3.63, 3.8) is 0 Å². The van der Waals surface area contributed by atoms with E-state index in [1.807, 2.05) is 6.92 Å². The van der Waals surface area contributed by atoms with Crippen LogP contribution in [0.1, 0.15) is 116 Å². The van der Waals surface area contributed by atoms with Gasteiger partial charge in [0.1, 0.15) is 30.5 Å². The second-order valence-electron chi connectivity index (χ2n) is 11.5. The molecule has 2 amide bonds. The Balaban J connectivity index is 1.74. The van der Waals surface area contributed by atoms with Gasteiger partial charge >= 0.3 is 0 Å². The summed E-state index contributed by atoms with van der Waals surface area (Å²) >= 11 is 1.58. The third kappa shape index (κ3) is 13.8. The Morgan fingerprint density at radius 2 is 1.51 bits per heavy atom. The van der Waals surface area contributed by atoms with E-state index in [4.69, 9.17) is 4.74 Å². The molecule has 1 aromatic rings. The summed E-state index contributed by atoms with van der Waals surface area (Å²) < 4.78 is 6.58. The lowest BCUT2D eigenvalue weighted by Gasteiger charge is -2.39. The van der Waals surface area contributed by atoms with Crippen molar-refractivity contribution in [1.29, 1.82) is 0 Å². The van der Waals surface area contributed by atoms with Crippen LogP contribution >= 0.6 is 11.8 Å². The second-order valence-corrected chi connectivity index (χ2v) is 12.6. The standard InChI is InChI=1S/C30H55N5O7S/c1-3-5-6-7-8-9-10-11-12-13-14-15-16-17-25(37)31-22(21-43-18-4-2)29(41)32-24-19-35(34-33-24)30-28(40)27(39)26(38)23(20-36)42-30/h19,22-23,26-28,30,36,38-40H,3-18,20-21H2,1-2H3,(H,31,37)(H,32,41)/t22-,23?,26?,27?,28?,30-/m1/s1. The normalized spacial score (nSPS) is 22.8. The zero-order chi connectivity index (χ0) is 31.5. The minimum Gasteiger partial charge on any atom is -0.394 e. The molecule has 13 heteroatoms. The lowest BCUT2D eigenvalue weighted by atomic mass is 9.98. The van der Waals surface area contributed by atoms with Crippen molar-refractivity contribution in [2.24, 2.45) is 0 Å². The highest BCUT2D eigenvalue weighted by Gasteiger charge is 2.44. The van der Waals surface area contributed by atoms with Gasteiger partial charge in [-0.25, -0.2) is 4.68 Å². The van der Waals surface area contributed by atoms with Gasteiger partial charge in [0.2, 0.25) is 11.8 Å². The third-order valence-corrected chi connectivity index (χ3v) is 8.95. The number of hydrogen-bond acceptors (Lipinski definition) is 10. The number of aliphatic hydroxyl groups is 4. The maximum absolute atomic E-state index is 13.1. The SMILES string of the molecule is CCCCCCCCCCCCCCCC(=O)N[C@H](CSCCC)C(=O)Nc1cn([C@@H]2OC(CO)C(O)C(O)C2O)nn1. The Morgan fingerprint density at radius 1 is 0.907 bits per heavy atom. The molecule has 6 atom stereocenters. The van der Waals surface area contributed by atoms with E-state index >= 15 is 0 Å². The summed E-state index contributed by atoms with van der Waals surface area (Å²) in [5.74, 6) is 0.725. The molecule has 0 spiro atoms. The van der Waals surface area contributed by atoms with E-state index in [-0.39, 0.29) is 11.7 Å². The minimum absolute atomic E-state index is 0.0678. The van der Waals surface area contributed by atoms with Crippen molar-refractivity contribution in [3.05, 3.63) is 6.20 Å². The van der Waals surface area contributed by atoms with Crippen LogP contribution in [-0.2, 0) is 14.3 Å². The van der Waals surface area contributed by atoms with E-state index in [2.05, 4.69) is 27.9 Å². The highest BCUT2D eigenvalue weighted by Crippen LogP contribution is 2.28. The van der Waals surface area contributed by atoms with Gasteiger partial charge in [0, 0.05) is 12.2 Å². The summed E-state index contributed by atoms with van der Waals surface area (Å²) in [5.41, 5.74) is 0. The molecular weight excluding hydrogens is 574 g/mol. The van der Waals surface area contributed by atoms with Crippen LogP contribution in [0.5, 0.6) is 0 Å². The quantitative estimate of drug-likeness (QED) is 0.0984. The van der Waals surface area contributed by atoms with Gasteiger partial charge in [0.05, 0.1) is 12.8 Å². The molecule has 4 unspecified atom stereocenters. The Morgan fingerprint density at radius 3 is 2.09 bits per heavy atom. The average molecular weight is 630 g/mol. The van der Waals surface area contributed by atoms with E-state index < -0.39 is 49.2 Å². The Hall–Kier alpha value is -1.77. The van der Waals surface area contributed by atoms with E-state index in [0.29, 0.717) is 12.2 Å².